The fourth-order valence-electron chi connectivity index (χ4n) is 1.72. The van der Waals surface area contributed by atoms with Gasteiger partial charge in [-0.05, 0) is 11.4 Å². The quantitative estimate of drug-likeness (QED) is 0.324. The zero-order valence-electron chi connectivity index (χ0n) is 8.94. The predicted octanol–water partition coefficient (Wildman–Crippen LogP) is 5.33. The first-order valence-corrected chi connectivity index (χ1v) is 6.74. The van der Waals surface area contributed by atoms with Crippen molar-refractivity contribution in [1.29, 1.82) is 0 Å². The molecule has 98 valence electrons. The van der Waals surface area contributed by atoms with E-state index in [0.29, 0.717) is 5.39 Å². The first-order valence-electron chi connectivity index (χ1n) is 4.98. The molecule has 0 spiro atoms. The molecule has 1 aromatic carbocycles. The SMILES string of the molecule is Fc1c(F)c(F)c(-c2cc3cscc3s2)c(F)c1F. The van der Waals surface area contributed by atoms with Crippen LogP contribution in [0.1, 0.15) is 0 Å². The molecule has 2 aromatic heterocycles. The maximum Gasteiger partial charge on any atom is 0.200 e. The molecule has 0 unspecified atom stereocenters. The zero-order chi connectivity index (χ0) is 13.7. The lowest BCUT2D eigenvalue weighted by molar-refractivity contribution is 0.381. The smallest absolute Gasteiger partial charge is 0.200 e. The molecule has 0 bridgehead atoms. The summed E-state index contributed by atoms with van der Waals surface area (Å²) in [4.78, 5) is 0.0191. The lowest BCUT2D eigenvalue weighted by atomic mass is 10.1. The van der Waals surface area contributed by atoms with Gasteiger partial charge < -0.3 is 0 Å². The standard InChI is InChI=1S/C12H3F5S2/c13-8-7(9(14)11(16)12(17)10(8)15)5-1-4-2-18-3-6(4)19-5/h1-3H. The highest BCUT2D eigenvalue weighted by Crippen LogP contribution is 2.39. The Bertz CT molecular complexity index is 729. The van der Waals surface area contributed by atoms with E-state index in [-0.39, 0.29) is 4.88 Å². The molecule has 0 aliphatic rings. The van der Waals surface area contributed by atoms with Gasteiger partial charge in [0.25, 0.3) is 0 Å². The van der Waals surface area contributed by atoms with Crippen LogP contribution in [0.25, 0.3) is 20.5 Å². The van der Waals surface area contributed by atoms with E-state index >= 15 is 0 Å². The van der Waals surface area contributed by atoms with Gasteiger partial charge in [0.1, 0.15) is 0 Å². The van der Waals surface area contributed by atoms with E-state index in [1.807, 2.05) is 0 Å². The Morgan fingerprint density at radius 2 is 1.32 bits per heavy atom. The second-order valence-electron chi connectivity index (χ2n) is 3.75. The fraction of sp³-hybridized carbons (Fsp3) is 0. The second-order valence-corrected chi connectivity index (χ2v) is 5.57. The van der Waals surface area contributed by atoms with Crippen molar-refractivity contribution in [2.75, 3.05) is 0 Å². The molecule has 3 aromatic rings. The summed E-state index contributed by atoms with van der Waals surface area (Å²) in [6, 6.07) is 1.41. The van der Waals surface area contributed by atoms with Gasteiger partial charge in [-0.3, -0.25) is 0 Å². The number of hydrogen-bond acceptors (Lipinski definition) is 2. The van der Waals surface area contributed by atoms with Crippen LogP contribution >= 0.6 is 22.7 Å². The first-order chi connectivity index (χ1) is 9.00. The molecule has 0 radical (unpaired) electrons. The van der Waals surface area contributed by atoms with Gasteiger partial charge in [0.2, 0.25) is 5.82 Å². The topological polar surface area (TPSA) is 0 Å². The third-order valence-electron chi connectivity index (χ3n) is 2.62. The van der Waals surface area contributed by atoms with Crippen LogP contribution in [0.5, 0.6) is 0 Å². The Hall–Kier alpha value is -1.47. The number of halogens is 5. The highest BCUT2D eigenvalue weighted by atomic mass is 32.1. The molecular formula is C12H3F5S2. The van der Waals surface area contributed by atoms with Gasteiger partial charge in [-0.1, -0.05) is 0 Å². The van der Waals surface area contributed by atoms with Gasteiger partial charge in [0.15, 0.2) is 23.3 Å². The maximum absolute atomic E-state index is 13.6. The minimum absolute atomic E-state index is 0.0191. The lowest BCUT2D eigenvalue weighted by Crippen LogP contribution is -2.03. The van der Waals surface area contributed by atoms with Gasteiger partial charge in [-0.2, -0.15) is 11.3 Å². The van der Waals surface area contributed by atoms with Crippen LogP contribution in [0, 0.1) is 29.1 Å². The average Bonchev–Trinajstić information content (AvgIpc) is 2.95. The molecule has 0 aliphatic heterocycles. The number of fused-ring (bicyclic) bond motifs is 1. The molecule has 0 nitrogen and oxygen atoms in total. The Morgan fingerprint density at radius 1 is 0.737 bits per heavy atom. The molecule has 0 saturated heterocycles. The van der Waals surface area contributed by atoms with Gasteiger partial charge in [-0.15, -0.1) is 11.3 Å². The fourth-order valence-corrected chi connectivity index (χ4v) is 3.76. The summed E-state index contributed by atoms with van der Waals surface area (Å²) in [5.41, 5.74) is -0.873. The lowest BCUT2D eigenvalue weighted by Gasteiger charge is -2.05. The van der Waals surface area contributed by atoms with Crippen molar-refractivity contribution < 1.29 is 22.0 Å². The highest BCUT2D eigenvalue weighted by Gasteiger charge is 2.27. The third kappa shape index (κ3) is 1.76. The van der Waals surface area contributed by atoms with Crippen molar-refractivity contribution >= 4 is 32.8 Å². The Kier molecular flexibility index (Phi) is 2.83. The van der Waals surface area contributed by atoms with E-state index in [0.717, 1.165) is 16.0 Å². The van der Waals surface area contributed by atoms with Crippen molar-refractivity contribution in [3.8, 4) is 10.4 Å². The minimum atomic E-state index is -2.14. The molecule has 19 heavy (non-hydrogen) atoms. The number of benzene rings is 1. The number of thiophene rings is 2. The summed E-state index contributed by atoms with van der Waals surface area (Å²) in [6.45, 7) is 0. The van der Waals surface area contributed by atoms with Crippen LogP contribution in [0.15, 0.2) is 16.8 Å². The van der Waals surface area contributed by atoms with E-state index in [1.165, 1.54) is 17.4 Å². The molecule has 2 heterocycles. The summed E-state index contributed by atoms with van der Waals surface area (Å²) < 4.78 is 67.1. The highest BCUT2D eigenvalue weighted by molar-refractivity contribution is 7.25. The van der Waals surface area contributed by atoms with E-state index in [4.69, 9.17) is 0 Å². The Morgan fingerprint density at radius 3 is 1.89 bits per heavy atom. The van der Waals surface area contributed by atoms with Crippen LogP contribution in [0.4, 0.5) is 22.0 Å². The molecule has 0 atom stereocenters. The van der Waals surface area contributed by atoms with E-state index < -0.39 is 34.6 Å². The Labute approximate surface area is 111 Å². The van der Waals surface area contributed by atoms with Gasteiger partial charge in [0, 0.05) is 20.3 Å². The van der Waals surface area contributed by atoms with Crippen molar-refractivity contribution in [2.45, 2.75) is 0 Å². The molecule has 0 amide bonds. The summed E-state index contributed by atoms with van der Waals surface area (Å²) in [5.74, 6) is -9.60. The zero-order valence-corrected chi connectivity index (χ0v) is 10.6. The van der Waals surface area contributed by atoms with Crippen molar-refractivity contribution in [3.63, 3.8) is 0 Å². The largest absolute Gasteiger partial charge is 0.203 e. The molecule has 0 saturated carbocycles. The first kappa shape index (κ1) is 12.6. The predicted molar refractivity (Wildman–Crippen MR) is 64.9 cm³/mol. The summed E-state index contributed by atoms with van der Waals surface area (Å²) in [6.07, 6.45) is 0. The minimum Gasteiger partial charge on any atom is -0.203 e. The van der Waals surface area contributed by atoms with Crippen LogP contribution in [-0.2, 0) is 0 Å². The molecule has 3 rings (SSSR count). The summed E-state index contributed by atoms with van der Waals surface area (Å²) in [7, 11) is 0. The Balaban J connectivity index is 2.33. The molecule has 0 fully saturated rings. The monoisotopic (exact) mass is 306 g/mol. The second kappa shape index (κ2) is 4.28. The van der Waals surface area contributed by atoms with Gasteiger partial charge in [-0.25, -0.2) is 22.0 Å². The van der Waals surface area contributed by atoms with Crippen LogP contribution < -0.4 is 0 Å². The molecule has 0 N–H and O–H groups in total. The maximum atomic E-state index is 13.6. The number of hydrogen-bond donors (Lipinski definition) is 0. The van der Waals surface area contributed by atoms with E-state index in [9.17, 15) is 22.0 Å². The van der Waals surface area contributed by atoms with Crippen LogP contribution in [0.3, 0.4) is 0 Å². The van der Waals surface area contributed by atoms with Gasteiger partial charge in [0.05, 0.1) is 5.56 Å². The normalized spacial score (nSPS) is 11.4. The number of rotatable bonds is 1. The summed E-state index contributed by atoms with van der Waals surface area (Å²) >= 11 is 2.38. The molecule has 7 heteroatoms. The molecule has 0 aliphatic carbocycles. The van der Waals surface area contributed by atoms with Crippen molar-refractivity contribution in [2.24, 2.45) is 0 Å². The van der Waals surface area contributed by atoms with E-state index in [1.54, 1.807) is 10.8 Å². The average molecular weight is 306 g/mol. The molecular weight excluding hydrogens is 303 g/mol. The van der Waals surface area contributed by atoms with Crippen molar-refractivity contribution in [3.05, 3.63) is 45.9 Å². The van der Waals surface area contributed by atoms with Crippen LogP contribution in [-0.4, -0.2) is 0 Å². The van der Waals surface area contributed by atoms with E-state index in [2.05, 4.69) is 0 Å². The van der Waals surface area contributed by atoms with Crippen LogP contribution in [0.2, 0.25) is 0 Å². The summed E-state index contributed by atoms with van der Waals surface area (Å²) in [5, 5.41) is 4.20. The van der Waals surface area contributed by atoms with Crippen molar-refractivity contribution in [1.82, 2.24) is 0 Å². The third-order valence-corrected chi connectivity index (χ3v) is 4.64. The van der Waals surface area contributed by atoms with Gasteiger partial charge >= 0.3 is 0 Å².